The van der Waals surface area contributed by atoms with Gasteiger partial charge in [-0.2, -0.15) is 0 Å². The average Bonchev–Trinajstić information content (AvgIpc) is 2.22. The molecule has 0 aromatic rings. The van der Waals surface area contributed by atoms with Crippen LogP contribution in [0.15, 0.2) is 12.2 Å². The van der Waals surface area contributed by atoms with Gasteiger partial charge >= 0.3 is 5.97 Å². The van der Waals surface area contributed by atoms with Crippen LogP contribution in [0.25, 0.3) is 0 Å². The fourth-order valence-electron chi connectivity index (χ4n) is 0.837. The Kier molecular flexibility index (Phi) is 7.95. The van der Waals surface area contributed by atoms with Crippen LogP contribution in [-0.2, 0) is 14.3 Å². The third kappa shape index (κ3) is 7.11. The largest absolute Gasteiger partial charge is 0.454 e. The smallest absolute Gasteiger partial charge is 0.333 e. The molecule has 0 heterocycles. The fraction of sp³-hybridized carbons (Fsp3) is 0.727. The van der Waals surface area contributed by atoms with Crippen molar-refractivity contribution in [1.29, 1.82) is 0 Å². The molecule has 0 fully saturated rings. The third-order valence-electron chi connectivity index (χ3n) is 1.77. The van der Waals surface area contributed by atoms with Crippen molar-refractivity contribution in [3.63, 3.8) is 0 Å². The van der Waals surface area contributed by atoms with Gasteiger partial charge in [0.2, 0.25) is 0 Å². The van der Waals surface area contributed by atoms with E-state index in [9.17, 15) is 4.79 Å². The molecule has 4 heteroatoms. The monoisotopic (exact) mass is 216 g/mol. The Morgan fingerprint density at radius 1 is 1.53 bits per heavy atom. The number of hydrogen-bond donors (Lipinski definition) is 1. The molecule has 1 atom stereocenters. The van der Waals surface area contributed by atoms with E-state index < -0.39 is 12.1 Å². The molecular formula is C11H20O4. The summed E-state index contributed by atoms with van der Waals surface area (Å²) < 4.78 is 10.2. The Morgan fingerprint density at radius 3 is 2.67 bits per heavy atom. The molecule has 0 aliphatic heterocycles. The van der Waals surface area contributed by atoms with Gasteiger partial charge in [0.1, 0.15) is 6.10 Å². The van der Waals surface area contributed by atoms with E-state index >= 15 is 0 Å². The highest BCUT2D eigenvalue weighted by molar-refractivity contribution is 5.87. The lowest BCUT2D eigenvalue weighted by Crippen LogP contribution is -2.27. The first kappa shape index (κ1) is 14.1. The first-order valence-electron chi connectivity index (χ1n) is 5.16. The normalized spacial score (nSPS) is 12.2. The standard InChI is InChI=1S/C11H20O4/c1-4-5-6-14-8-10(7-12)15-11(13)9(2)3/h10,12H,2,4-8H2,1,3H3. The molecule has 4 nitrogen and oxygen atoms in total. The van der Waals surface area contributed by atoms with Crippen molar-refractivity contribution in [2.24, 2.45) is 0 Å². The molecule has 0 spiro atoms. The number of aliphatic hydroxyl groups is 1. The average molecular weight is 216 g/mol. The van der Waals surface area contributed by atoms with Crippen molar-refractivity contribution >= 4 is 5.97 Å². The van der Waals surface area contributed by atoms with Gasteiger partial charge in [-0.1, -0.05) is 19.9 Å². The van der Waals surface area contributed by atoms with Crippen molar-refractivity contribution in [3.05, 3.63) is 12.2 Å². The van der Waals surface area contributed by atoms with Crippen LogP contribution in [0.3, 0.4) is 0 Å². The molecule has 0 aromatic heterocycles. The zero-order valence-corrected chi connectivity index (χ0v) is 9.49. The summed E-state index contributed by atoms with van der Waals surface area (Å²) in [5, 5.41) is 8.93. The molecule has 1 N–H and O–H groups in total. The highest BCUT2D eigenvalue weighted by atomic mass is 16.6. The van der Waals surface area contributed by atoms with Crippen LogP contribution in [0.1, 0.15) is 26.7 Å². The van der Waals surface area contributed by atoms with E-state index in [1.165, 1.54) is 0 Å². The lowest BCUT2D eigenvalue weighted by molar-refractivity contribution is -0.149. The molecule has 0 amide bonds. The third-order valence-corrected chi connectivity index (χ3v) is 1.77. The summed E-state index contributed by atoms with van der Waals surface area (Å²) in [7, 11) is 0. The molecular weight excluding hydrogens is 196 g/mol. The van der Waals surface area contributed by atoms with Crippen molar-refractivity contribution in [2.45, 2.75) is 32.8 Å². The van der Waals surface area contributed by atoms with E-state index in [1.807, 2.05) is 0 Å². The number of esters is 1. The van der Waals surface area contributed by atoms with E-state index in [0.717, 1.165) is 12.8 Å². The zero-order valence-electron chi connectivity index (χ0n) is 9.49. The number of ether oxygens (including phenoxy) is 2. The Hall–Kier alpha value is -0.870. The predicted molar refractivity (Wildman–Crippen MR) is 57.5 cm³/mol. The van der Waals surface area contributed by atoms with Crippen LogP contribution in [-0.4, -0.2) is 37.0 Å². The van der Waals surface area contributed by atoms with E-state index in [-0.39, 0.29) is 13.2 Å². The second kappa shape index (κ2) is 8.44. The van der Waals surface area contributed by atoms with Gasteiger partial charge in [-0.05, 0) is 13.3 Å². The second-order valence-corrected chi connectivity index (χ2v) is 3.42. The molecule has 0 saturated heterocycles. The van der Waals surface area contributed by atoms with Gasteiger partial charge in [-0.25, -0.2) is 4.79 Å². The van der Waals surface area contributed by atoms with Gasteiger partial charge in [0.25, 0.3) is 0 Å². The van der Waals surface area contributed by atoms with Crippen molar-refractivity contribution in [1.82, 2.24) is 0 Å². The SMILES string of the molecule is C=C(C)C(=O)OC(CO)COCCCC. The molecule has 88 valence electrons. The summed E-state index contributed by atoms with van der Waals surface area (Å²) in [6.45, 7) is 7.71. The lowest BCUT2D eigenvalue weighted by atomic mass is 10.3. The van der Waals surface area contributed by atoms with Crippen LogP contribution in [0.5, 0.6) is 0 Å². The van der Waals surface area contributed by atoms with Crippen LogP contribution in [0, 0.1) is 0 Å². The van der Waals surface area contributed by atoms with Crippen LogP contribution in [0.4, 0.5) is 0 Å². The number of unbranched alkanes of at least 4 members (excludes halogenated alkanes) is 1. The number of rotatable bonds is 8. The predicted octanol–water partition coefficient (Wildman–Crippen LogP) is 1.28. The lowest BCUT2D eigenvalue weighted by Gasteiger charge is -2.15. The molecule has 0 aliphatic carbocycles. The summed E-state index contributed by atoms with van der Waals surface area (Å²) in [6.07, 6.45) is 1.42. The summed E-state index contributed by atoms with van der Waals surface area (Å²) in [6, 6.07) is 0. The zero-order chi connectivity index (χ0) is 11.7. The van der Waals surface area contributed by atoms with Gasteiger partial charge < -0.3 is 14.6 Å². The van der Waals surface area contributed by atoms with Gasteiger partial charge in [-0.3, -0.25) is 0 Å². The molecule has 0 bridgehead atoms. The fourth-order valence-corrected chi connectivity index (χ4v) is 0.837. The first-order chi connectivity index (χ1) is 7.11. The summed E-state index contributed by atoms with van der Waals surface area (Å²) in [5.74, 6) is -0.492. The maximum absolute atomic E-state index is 11.1. The second-order valence-electron chi connectivity index (χ2n) is 3.42. The van der Waals surface area contributed by atoms with E-state index in [0.29, 0.717) is 12.2 Å². The molecule has 0 aliphatic rings. The summed E-state index contributed by atoms with van der Waals surface area (Å²) in [4.78, 5) is 11.1. The number of aliphatic hydroxyl groups excluding tert-OH is 1. The summed E-state index contributed by atoms with van der Waals surface area (Å²) >= 11 is 0. The highest BCUT2D eigenvalue weighted by Gasteiger charge is 2.13. The Bertz CT molecular complexity index is 201. The summed E-state index contributed by atoms with van der Waals surface area (Å²) in [5.41, 5.74) is 0.321. The quantitative estimate of drug-likeness (QED) is 0.377. The molecule has 0 aromatic carbocycles. The number of hydrogen-bond acceptors (Lipinski definition) is 4. The van der Waals surface area contributed by atoms with Crippen LogP contribution >= 0.6 is 0 Å². The maximum atomic E-state index is 11.1. The Balaban J connectivity index is 3.73. The maximum Gasteiger partial charge on any atom is 0.333 e. The van der Waals surface area contributed by atoms with E-state index in [1.54, 1.807) is 6.92 Å². The Labute approximate surface area is 90.9 Å². The van der Waals surface area contributed by atoms with Crippen molar-refractivity contribution < 1.29 is 19.4 Å². The minimum absolute atomic E-state index is 0.231. The van der Waals surface area contributed by atoms with E-state index in [2.05, 4.69) is 13.5 Å². The minimum atomic E-state index is -0.592. The first-order valence-corrected chi connectivity index (χ1v) is 5.16. The van der Waals surface area contributed by atoms with Crippen molar-refractivity contribution in [3.8, 4) is 0 Å². The van der Waals surface area contributed by atoms with Gasteiger partial charge in [0.15, 0.2) is 0 Å². The Morgan fingerprint density at radius 2 is 2.20 bits per heavy atom. The molecule has 0 radical (unpaired) electrons. The number of carbonyl (C=O) groups is 1. The van der Waals surface area contributed by atoms with Crippen LogP contribution < -0.4 is 0 Å². The van der Waals surface area contributed by atoms with Gasteiger partial charge in [0.05, 0.1) is 13.2 Å². The highest BCUT2D eigenvalue weighted by Crippen LogP contribution is 2.00. The molecule has 15 heavy (non-hydrogen) atoms. The molecule has 0 rings (SSSR count). The van der Waals surface area contributed by atoms with Crippen LogP contribution in [0.2, 0.25) is 0 Å². The minimum Gasteiger partial charge on any atom is -0.454 e. The van der Waals surface area contributed by atoms with Crippen molar-refractivity contribution in [2.75, 3.05) is 19.8 Å². The van der Waals surface area contributed by atoms with Gasteiger partial charge in [0, 0.05) is 12.2 Å². The van der Waals surface area contributed by atoms with Gasteiger partial charge in [-0.15, -0.1) is 0 Å². The topological polar surface area (TPSA) is 55.8 Å². The molecule has 0 saturated carbocycles. The number of carbonyl (C=O) groups excluding carboxylic acids is 1. The molecule has 1 unspecified atom stereocenters. The van der Waals surface area contributed by atoms with E-state index in [4.69, 9.17) is 14.6 Å².